The Bertz CT molecular complexity index is 590. The van der Waals surface area contributed by atoms with Gasteiger partial charge >= 0.3 is 11.9 Å². The molecule has 0 atom stereocenters. The predicted octanol–water partition coefficient (Wildman–Crippen LogP) is 1.25. The van der Waals surface area contributed by atoms with Crippen LogP contribution in [-0.2, 0) is 30.3 Å². The summed E-state index contributed by atoms with van der Waals surface area (Å²) >= 11 is 0. The van der Waals surface area contributed by atoms with Crippen molar-refractivity contribution in [3.05, 3.63) is 23.8 Å². The van der Waals surface area contributed by atoms with E-state index in [1.165, 1.54) is 14.2 Å². The molecule has 0 radical (unpaired) electrons. The number of aryl methyl sites for hydroxylation is 1. The fraction of sp³-hybridized carbons (Fsp3) is 0.500. The van der Waals surface area contributed by atoms with Gasteiger partial charge in [0.15, 0.2) is 0 Å². The first-order valence-electron chi connectivity index (χ1n) is 8.29. The number of amides is 1. The van der Waals surface area contributed by atoms with Crippen molar-refractivity contribution in [3.63, 3.8) is 0 Å². The molecule has 144 valence electrons. The van der Waals surface area contributed by atoms with E-state index in [9.17, 15) is 14.4 Å². The number of esters is 2. The Hall–Kier alpha value is -2.77. The monoisotopic (exact) mass is 367 g/mol. The zero-order valence-electron chi connectivity index (χ0n) is 15.5. The lowest BCUT2D eigenvalue weighted by atomic mass is 10.1. The van der Waals surface area contributed by atoms with E-state index in [2.05, 4.69) is 5.32 Å². The number of rotatable bonds is 10. The van der Waals surface area contributed by atoms with Crippen molar-refractivity contribution in [1.82, 2.24) is 5.32 Å². The molecule has 0 aromatic heterocycles. The lowest BCUT2D eigenvalue weighted by molar-refractivity contribution is -0.159. The minimum absolute atomic E-state index is 0.0611. The van der Waals surface area contributed by atoms with Gasteiger partial charge in [0.1, 0.15) is 11.5 Å². The molecule has 0 aliphatic carbocycles. The van der Waals surface area contributed by atoms with Crippen LogP contribution in [0.1, 0.15) is 25.8 Å². The Labute approximate surface area is 152 Å². The van der Waals surface area contributed by atoms with Crippen LogP contribution in [0, 0.1) is 0 Å². The lowest BCUT2D eigenvalue weighted by Gasteiger charge is -2.16. The van der Waals surface area contributed by atoms with Crippen LogP contribution in [0.25, 0.3) is 0 Å². The van der Waals surface area contributed by atoms with E-state index in [1.54, 1.807) is 32.0 Å². The Morgan fingerprint density at radius 3 is 1.85 bits per heavy atom. The fourth-order valence-corrected chi connectivity index (χ4v) is 2.17. The summed E-state index contributed by atoms with van der Waals surface area (Å²) in [6.45, 7) is 3.40. The third-order valence-electron chi connectivity index (χ3n) is 3.40. The molecule has 26 heavy (non-hydrogen) atoms. The predicted molar refractivity (Wildman–Crippen MR) is 93.1 cm³/mol. The maximum absolute atomic E-state index is 12.2. The average Bonchev–Trinajstić information content (AvgIpc) is 2.64. The SMILES string of the molecule is CCOC(=O)C(NC(=O)CCc1cc(OC)cc(OC)c1)C(=O)OCC. The van der Waals surface area contributed by atoms with Gasteiger partial charge in [-0.15, -0.1) is 0 Å². The highest BCUT2D eigenvalue weighted by molar-refractivity contribution is 6.02. The average molecular weight is 367 g/mol. The van der Waals surface area contributed by atoms with Crippen LogP contribution in [-0.4, -0.2) is 51.3 Å². The lowest BCUT2D eigenvalue weighted by Crippen LogP contribution is -2.48. The van der Waals surface area contributed by atoms with Crippen LogP contribution in [0.2, 0.25) is 0 Å². The molecular formula is C18H25NO7. The first-order valence-corrected chi connectivity index (χ1v) is 8.29. The molecular weight excluding hydrogens is 342 g/mol. The molecule has 1 rings (SSSR count). The van der Waals surface area contributed by atoms with Crippen molar-refractivity contribution < 1.29 is 33.3 Å². The first-order chi connectivity index (χ1) is 12.4. The largest absolute Gasteiger partial charge is 0.497 e. The minimum Gasteiger partial charge on any atom is -0.497 e. The molecule has 1 aromatic rings. The van der Waals surface area contributed by atoms with Gasteiger partial charge in [-0.3, -0.25) is 4.79 Å². The summed E-state index contributed by atoms with van der Waals surface area (Å²) in [4.78, 5) is 35.9. The highest BCUT2D eigenvalue weighted by atomic mass is 16.6. The van der Waals surface area contributed by atoms with Gasteiger partial charge in [-0.25, -0.2) is 9.59 Å². The number of hydrogen-bond donors (Lipinski definition) is 1. The second-order valence-corrected chi connectivity index (χ2v) is 5.23. The van der Waals surface area contributed by atoms with Gasteiger partial charge in [0.05, 0.1) is 27.4 Å². The third kappa shape index (κ3) is 6.62. The molecule has 0 aliphatic heterocycles. The van der Waals surface area contributed by atoms with Crippen molar-refractivity contribution in [2.45, 2.75) is 32.7 Å². The standard InChI is InChI=1S/C18H25NO7/c1-5-25-17(21)16(18(22)26-6-2)19-15(20)8-7-12-9-13(23-3)11-14(10-12)24-4/h9-11,16H,5-8H2,1-4H3,(H,19,20). The summed E-state index contributed by atoms with van der Waals surface area (Å²) in [6, 6.07) is 3.82. The van der Waals surface area contributed by atoms with Crippen molar-refractivity contribution in [1.29, 1.82) is 0 Å². The summed E-state index contributed by atoms with van der Waals surface area (Å²) in [6.07, 6.45) is 0.434. The van der Waals surface area contributed by atoms with Crippen LogP contribution in [0.4, 0.5) is 0 Å². The van der Waals surface area contributed by atoms with Crippen molar-refractivity contribution in [2.24, 2.45) is 0 Å². The summed E-state index contributed by atoms with van der Waals surface area (Å²) in [7, 11) is 3.07. The molecule has 0 heterocycles. The van der Waals surface area contributed by atoms with Crippen LogP contribution in [0.3, 0.4) is 0 Å². The molecule has 0 saturated heterocycles. The molecule has 8 heteroatoms. The molecule has 0 fully saturated rings. The number of nitrogens with one attached hydrogen (secondary N) is 1. The maximum Gasteiger partial charge on any atom is 0.340 e. The van der Waals surface area contributed by atoms with Crippen molar-refractivity contribution in [3.8, 4) is 11.5 Å². The number of hydrogen-bond acceptors (Lipinski definition) is 7. The van der Waals surface area contributed by atoms with E-state index in [0.29, 0.717) is 17.9 Å². The normalized spacial score (nSPS) is 10.2. The highest BCUT2D eigenvalue weighted by Crippen LogP contribution is 2.23. The number of ether oxygens (including phenoxy) is 4. The van der Waals surface area contributed by atoms with E-state index in [0.717, 1.165) is 5.56 Å². The minimum atomic E-state index is -1.47. The van der Waals surface area contributed by atoms with E-state index in [4.69, 9.17) is 18.9 Å². The van der Waals surface area contributed by atoms with E-state index < -0.39 is 23.9 Å². The molecule has 0 aliphatic rings. The van der Waals surface area contributed by atoms with Gasteiger partial charge in [0.25, 0.3) is 0 Å². The number of methoxy groups -OCH3 is 2. The second-order valence-electron chi connectivity index (χ2n) is 5.23. The van der Waals surface area contributed by atoms with E-state index in [-0.39, 0.29) is 19.6 Å². The van der Waals surface area contributed by atoms with Crippen LogP contribution < -0.4 is 14.8 Å². The topological polar surface area (TPSA) is 100 Å². The number of carbonyl (C=O) groups is 3. The molecule has 1 aromatic carbocycles. The van der Waals surface area contributed by atoms with E-state index in [1.807, 2.05) is 0 Å². The summed E-state index contributed by atoms with van der Waals surface area (Å²) in [5.74, 6) is -0.950. The smallest absolute Gasteiger partial charge is 0.340 e. The van der Waals surface area contributed by atoms with Gasteiger partial charge in [-0.05, 0) is 38.0 Å². The maximum atomic E-state index is 12.2. The molecule has 0 bridgehead atoms. The Morgan fingerprint density at radius 2 is 1.42 bits per heavy atom. The summed E-state index contributed by atoms with van der Waals surface area (Å²) < 4.78 is 20.0. The Balaban J connectivity index is 2.73. The zero-order chi connectivity index (χ0) is 19.5. The van der Waals surface area contributed by atoms with Crippen molar-refractivity contribution >= 4 is 17.8 Å². The molecule has 8 nitrogen and oxygen atoms in total. The van der Waals surface area contributed by atoms with Gasteiger partial charge in [-0.2, -0.15) is 0 Å². The molecule has 0 spiro atoms. The van der Waals surface area contributed by atoms with Gasteiger partial charge in [0.2, 0.25) is 11.9 Å². The first kappa shape index (κ1) is 21.3. The zero-order valence-corrected chi connectivity index (χ0v) is 15.5. The molecule has 1 N–H and O–H groups in total. The molecule has 0 saturated carbocycles. The summed E-state index contributed by atoms with van der Waals surface area (Å²) in [5.41, 5.74) is 0.820. The summed E-state index contributed by atoms with van der Waals surface area (Å²) in [5, 5.41) is 2.36. The molecule has 1 amide bonds. The van der Waals surface area contributed by atoms with Gasteiger partial charge in [0, 0.05) is 12.5 Å². The molecule has 0 unspecified atom stereocenters. The van der Waals surface area contributed by atoms with Crippen LogP contribution in [0.15, 0.2) is 18.2 Å². The Kier molecular flexibility index (Phi) is 8.97. The Morgan fingerprint density at radius 1 is 0.923 bits per heavy atom. The quantitative estimate of drug-likeness (QED) is 0.491. The number of benzene rings is 1. The van der Waals surface area contributed by atoms with Gasteiger partial charge < -0.3 is 24.3 Å². The number of carbonyl (C=O) groups excluding carboxylic acids is 3. The second kappa shape index (κ2) is 11.0. The van der Waals surface area contributed by atoms with Crippen LogP contribution >= 0.6 is 0 Å². The van der Waals surface area contributed by atoms with Gasteiger partial charge in [-0.1, -0.05) is 0 Å². The van der Waals surface area contributed by atoms with Crippen molar-refractivity contribution in [2.75, 3.05) is 27.4 Å². The van der Waals surface area contributed by atoms with Crippen LogP contribution in [0.5, 0.6) is 11.5 Å². The fourth-order valence-electron chi connectivity index (χ4n) is 2.17. The third-order valence-corrected chi connectivity index (χ3v) is 3.40. The highest BCUT2D eigenvalue weighted by Gasteiger charge is 2.31. The van der Waals surface area contributed by atoms with E-state index >= 15 is 0 Å².